The predicted octanol–water partition coefficient (Wildman–Crippen LogP) is 3.78. The molecule has 11 heavy (non-hydrogen) atoms. The van der Waals surface area contributed by atoms with E-state index < -0.39 is 0 Å². The molecule has 0 aromatic carbocycles. The summed E-state index contributed by atoms with van der Waals surface area (Å²) in [5.74, 6) is 2.00. The molecule has 0 radical (unpaired) electrons. The second-order valence-corrected chi connectivity index (χ2v) is 4.65. The molecule has 0 aromatic rings. The van der Waals surface area contributed by atoms with Crippen molar-refractivity contribution in [2.45, 2.75) is 38.5 Å². The fraction of sp³-hybridized carbons (Fsp3) is 1.00. The van der Waals surface area contributed by atoms with Crippen LogP contribution in [0.2, 0.25) is 0 Å². The Balaban J connectivity index is 3.36. The summed E-state index contributed by atoms with van der Waals surface area (Å²) in [6.07, 6.45) is 5.99. The summed E-state index contributed by atoms with van der Waals surface area (Å²) in [6, 6.07) is 0. The molecule has 0 aromatic heterocycles. The molecule has 0 spiro atoms. The largest absolute Gasteiger partial charge is 0.165 e. The van der Waals surface area contributed by atoms with E-state index in [1.165, 1.54) is 25.0 Å². The van der Waals surface area contributed by atoms with E-state index in [9.17, 15) is 0 Å². The molecular formula is C9H19ClS. The standard InChI is InChI=1S/C9H19ClS/c1-4-9(8(2)10)6-5-7-11-3/h8-9H,4-7H2,1-3H3. The first-order chi connectivity index (χ1) is 5.22. The van der Waals surface area contributed by atoms with Gasteiger partial charge in [0.1, 0.15) is 0 Å². The Bertz CT molecular complexity index is 83.6. The SMILES string of the molecule is CCC(CCCSC)C(C)Cl. The van der Waals surface area contributed by atoms with Gasteiger partial charge in [0.15, 0.2) is 0 Å². The van der Waals surface area contributed by atoms with Crippen molar-refractivity contribution in [3.8, 4) is 0 Å². The first kappa shape index (κ1) is 11.6. The summed E-state index contributed by atoms with van der Waals surface area (Å²) in [5.41, 5.74) is 0. The van der Waals surface area contributed by atoms with Crippen molar-refractivity contribution < 1.29 is 0 Å². The van der Waals surface area contributed by atoms with E-state index in [0.29, 0.717) is 5.38 Å². The highest BCUT2D eigenvalue weighted by molar-refractivity contribution is 7.98. The lowest BCUT2D eigenvalue weighted by Gasteiger charge is -2.16. The van der Waals surface area contributed by atoms with E-state index in [4.69, 9.17) is 11.6 Å². The minimum absolute atomic E-state index is 0.349. The molecule has 0 saturated heterocycles. The highest BCUT2D eigenvalue weighted by Gasteiger charge is 2.11. The molecular weight excluding hydrogens is 176 g/mol. The lowest BCUT2D eigenvalue weighted by Crippen LogP contribution is -2.10. The summed E-state index contributed by atoms with van der Waals surface area (Å²) in [4.78, 5) is 0. The maximum absolute atomic E-state index is 6.02. The number of alkyl halides is 1. The van der Waals surface area contributed by atoms with Gasteiger partial charge in [-0.05, 0) is 37.7 Å². The molecule has 2 heteroatoms. The van der Waals surface area contributed by atoms with Gasteiger partial charge in [-0.1, -0.05) is 13.3 Å². The Morgan fingerprint density at radius 1 is 1.45 bits per heavy atom. The molecule has 0 rings (SSSR count). The van der Waals surface area contributed by atoms with Crippen LogP contribution in [0.15, 0.2) is 0 Å². The van der Waals surface area contributed by atoms with Crippen LogP contribution in [-0.4, -0.2) is 17.4 Å². The average Bonchev–Trinajstić information content (AvgIpc) is 1.97. The van der Waals surface area contributed by atoms with Crippen LogP contribution in [0.25, 0.3) is 0 Å². The van der Waals surface area contributed by atoms with Gasteiger partial charge in [0.05, 0.1) is 0 Å². The maximum atomic E-state index is 6.02. The number of rotatable bonds is 6. The highest BCUT2D eigenvalue weighted by atomic mass is 35.5. The van der Waals surface area contributed by atoms with Gasteiger partial charge in [-0.3, -0.25) is 0 Å². The van der Waals surface area contributed by atoms with Crippen LogP contribution in [0.1, 0.15) is 33.1 Å². The minimum atomic E-state index is 0.349. The third-order valence-corrected chi connectivity index (χ3v) is 3.15. The Morgan fingerprint density at radius 3 is 2.45 bits per heavy atom. The molecule has 0 fully saturated rings. The molecule has 0 aliphatic heterocycles. The van der Waals surface area contributed by atoms with Gasteiger partial charge in [0.2, 0.25) is 0 Å². The van der Waals surface area contributed by atoms with Crippen molar-refractivity contribution in [2.75, 3.05) is 12.0 Å². The fourth-order valence-corrected chi connectivity index (χ4v) is 2.01. The normalized spacial score (nSPS) is 16.4. The molecule has 0 aliphatic rings. The zero-order valence-electron chi connectivity index (χ0n) is 7.77. The Labute approximate surface area is 80.1 Å². The quantitative estimate of drug-likeness (QED) is 0.458. The minimum Gasteiger partial charge on any atom is -0.165 e. The molecule has 0 nitrogen and oxygen atoms in total. The molecule has 2 atom stereocenters. The van der Waals surface area contributed by atoms with E-state index in [1.807, 2.05) is 11.8 Å². The van der Waals surface area contributed by atoms with Crippen molar-refractivity contribution >= 4 is 23.4 Å². The summed E-state index contributed by atoms with van der Waals surface area (Å²) in [5, 5.41) is 0.349. The van der Waals surface area contributed by atoms with Crippen LogP contribution < -0.4 is 0 Å². The number of hydrogen-bond donors (Lipinski definition) is 0. The van der Waals surface area contributed by atoms with Crippen LogP contribution in [0.3, 0.4) is 0 Å². The van der Waals surface area contributed by atoms with E-state index in [-0.39, 0.29) is 0 Å². The lowest BCUT2D eigenvalue weighted by molar-refractivity contribution is 0.459. The first-order valence-corrected chi connectivity index (χ1v) is 6.18. The van der Waals surface area contributed by atoms with Crippen molar-refractivity contribution in [3.05, 3.63) is 0 Å². The lowest BCUT2D eigenvalue weighted by atomic mass is 9.98. The van der Waals surface area contributed by atoms with Crippen molar-refractivity contribution in [1.29, 1.82) is 0 Å². The molecule has 0 aliphatic carbocycles. The molecule has 0 saturated carbocycles. The van der Waals surface area contributed by atoms with E-state index in [0.717, 1.165) is 5.92 Å². The molecule has 68 valence electrons. The zero-order chi connectivity index (χ0) is 8.69. The van der Waals surface area contributed by atoms with Gasteiger partial charge >= 0.3 is 0 Å². The van der Waals surface area contributed by atoms with Crippen molar-refractivity contribution in [2.24, 2.45) is 5.92 Å². The number of halogens is 1. The third-order valence-electron chi connectivity index (χ3n) is 2.10. The van der Waals surface area contributed by atoms with Crippen LogP contribution >= 0.6 is 23.4 Å². The van der Waals surface area contributed by atoms with Crippen molar-refractivity contribution in [3.63, 3.8) is 0 Å². The Morgan fingerprint density at radius 2 is 2.09 bits per heavy atom. The summed E-state index contributed by atoms with van der Waals surface area (Å²) < 4.78 is 0. The second kappa shape index (κ2) is 7.30. The van der Waals surface area contributed by atoms with E-state index in [2.05, 4.69) is 20.1 Å². The van der Waals surface area contributed by atoms with Crippen LogP contribution in [-0.2, 0) is 0 Å². The van der Waals surface area contributed by atoms with E-state index >= 15 is 0 Å². The van der Waals surface area contributed by atoms with Gasteiger partial charge in [-0.25, -0.2) is 0 Å². The van der Waals surface area contributed by atoms with Gasteiger partial charge in [-0.2, -0.15) is 11.8 Å². The number of thioether (sulfide) groups is 1. The van der Waals surface area contributed by atoms with Crippen LogP contribution in [0.5, 0.6) is 0 Å². The van der Waals surface area contributed by atoms with Crippen LogP contribution in [0.4, 0.5) is 0 Å². The van der Waals surface area contributed by atoms with Gasteiger partial charge < -0.3 is 0 Å². The maximum Gasteiger partial charge on any atom is 0.0335 e. The summed E-state index contributed by atoms with van der Waals surface area (Å²) >= 11 is 7.94. The average molecular weight is 195 g/mol. The first-order valence-electron chi connectivity index (χ1n) is 4.35. The molecule has 0 bridgehead atoms. The van der Waals surface area contributed by atoms with Crippen molar-refractivity contribution in [1.82, 2.24) is 0 Å². The molecule has 0 heterocycles. The van der Waals surface area contributed by atoms with Crippen LogP contribution in [0, 0.1) is 5.92 Å². The summed E-state index contributed by atoms with van der Waals surface area (Å²) in [7, 11) is 0. The Hall–Kier alpha value is 0.640. The van der Waals surface area contributed by atoms with Gasteiger partial charge in [-0.15, -0.1) is 11.6 Å². The predicted molar refractivity (Wildman–Crippen MR) is 56.7 cm³/mol. The smallest absolute Gasteiger partial charge is 0.0335 e. The third kappa shape index (κ3) is 5.86. The summed E-state index contributed by atoms with van der Waals surface area (Å²) in [6.45, 7) is 4.33. The molecule has 0 N–H and O–H groups in total. The molecule has 2 unspecified atom stereocenters. The van der Waals surface area contributed by atoms with Gasteiger partial charge in [0.25, 0.3) is 0 Å². The zero-order valence-corrected chi connectivity index (χ0v) is 9.34. The Kier molecular flexibility index (Phi) is 7.72. The monoisotopic (exact) mass is 194 g/mol. The number of hydrogen-bond acceptors (Lipinski definition) is 1. The van der Waals surface area contributed by atoms with Gasteiger partial charge in [0, 0.05) is 5.38 Å². The second-order valence-electron chi connectivity index (χ2n) is 2.98. The van der Waals surface area contributed by atoms with E-state index in [1.54, 1.807) is 0 Å². The molecule has 0 amide bonds. The highest BCUT2D eigenvalue weighted by Crippen LogP contribution is 2.20. The topological polar surface area (TPSA) is 0 Å². The fourth-order valence-electron chi connectivity index (χ4n) is 1.25.